The van der Waals surface area contributed by atoms with Crippen molar-refractivity contribution in [2.45, 2.75) is 33.7 Å². The molecule has 0 aliphatic heterocycles. The lowest BCUT2D eigenvalue weighted by atomic mass is 9.91. The Morgan fingerprint density at radius 2 is 2.19 bits per heavy atom. The van der Waals surface area contributed by atoms with Crippen molar-refractivity contribution in [2.24, 2.45) is 5.41 Å². The molecule has 1 rings (SSSR count). The number of hydrogen-bond acceptors (Lipinski definition) is 3. The molecule has 0 amide bonds. The van der Waals surface area contributed by atoms with Crippen LogP contribution >= 0.6 is 0 Å². The first-order valence-corrected chi connectivity index (χ1v) is 5.57. The Bertz CT molecular complexity index is 374. The smallest absolute Gasteiger partial charge is 0.105 e. The van der Waals surface area contributed by atoms with E-state index in [4.69, 9.17) is 9.68 Å². The fourth-order valence-electron chi connectivity index (χ4n) is 1.47. The van der Waals surface area contributed by atoms with Crippen molar-refractivity contribution in [1.29, 1.82) is 5.26 Å². The summed E-state index contributed by atoms with van der Waals surface area (Å²) in [7, 11) is 2.07. The number of hydrogen-bond donors (Lipinski definition) is 0. The van der Waals surface area contributed by atoms with Crippen LogP contribution in [0.5, 0.6) is 0 Å². The molecule has 1 aromatic heterocycles. The van der Waals surface area contributed by atoms with E-state index in [0.29, 0.717) is 0 Å². The Morgan fingerprint density at radius 1 is 1.50 bits per heavy atom. The second kappa shape index (κ2) is 5.18. The van der Waals surface area contributed by atoms with Gasteiger partial charge in [-0.15, -0.1) is 0 Å². The average molecular weight is 220 g/mol. The lowest BCUT2D eigenvalue weighted by Gasteiger charge is -2.21. The van der Waals surface area contributed by atoms with Gasteiger partial charge >= 0.3 is 0 Å². The van der Waals surface area contributed by atoms with Crippen molar-refractivity contribution in [2.75, 3.05) is 13.6 Å². The van der Waals surface area contributed by atoms with E-state index in [1.807, 2.05) is 26.8 Å². The van der Waals surface area contributed by atoms with Gasteiger partial charge in [-0.1, -0.05) is 0 Å². The summed E-state index contributed by atoms with van der Waals surface area (Å²) in [6.45, 7) is 7.73. The zero-order valence-corrected chi connectivity index (χ0v) is 10.6. The van der Waals surface area contributed by atoms with Gasteiger partial charge in [0, 0.05) is 12.1 Å². The Balaban J connectivity index is 2.41. The molecule has 3 nitrogen and oxygen atoms in total. The third-order valence-corrected chi connectivity index (χ3v) is 2.83. The molecule has 88 valence electrons. The molecule has 0 saturated heterocycles. The van der Waals surface area contributed by atoms with E-state index in [9.17, 15) is 0 Å². The van der Waals surface area contributed by atoms with E-state index in [-0.39, 0.29) is 5.41 Å². The largest absolute Gasteiger partial charge is 0.469 e. The Kier molecular flexibility index (Phi) is 4.14. The highest BCUT2D eigenvalue weighted by Gasteiger charge is 2.17. The second-order valence-electron chi connectivity index (χ2n) is 4.99. The number of aryl methyl sites for hydroxylation is 1. The first-order chi connectivity index (χ1) is 7.44. The van der Waals surface area contributed by atoms with Crippen molar-refractivity contribution in [1.82, 2.24) is 4.90 Å². The van der Waals surface area contributed by atoms with Crippen LogP contribution in [0.2, 0.25) is 0 Å². The van der Waals surface area contributed by atoms with E-state index in [0.717, 1.165) is 25.3 Å². The molecule has 3 heteroatoms. The molecule has 0 N–H and O–H groups in total. The third-order valence-electron chi connectivity index (χ3n) is 2.83. The lowest BCUT2D eigenvalue weighted by Crippen LogP contribution is -2.23. The maximum atomic E-state index is 8.92. The number of furan rings is 1. The average Bonchev–Trinajstić information content (AvgIpc) is 2.62. The molecular formula is C13H20N2O. The molecule has 1 aromatic rings. The summed E-state index contributed by atoms with van der Waals surface area (Å²) in [5.41, 5.74) is 0.983. The first kappa shape index (κ1) is 12.8. The van der Waals surface area contributed by atoms with Gasteiger partial charge in [0.2, 0.25) is 0 Å². The fourth-order valence-corrected chi connectivity index (χ4v) is 1.47. The van der Waals surface area contributed by atoms with Gasteiger partial charge in [0.1, 0.15) is 5.76 Å². The molecule has 0 aliphatic carbocycles. The van der Waals surface area contributed by atoms with E-state index < -0.39 is 0 Å². The van der Waals surface area contributed by atoms with Crippen LogP contribution in [0.15, 0.2) is 16.7 Å². The summed E-state index contributed by atoms with van der Waals surface area (Å²) < 4.78 is 5.25. The molecule has 0 atom stereocenters. The van der Waals surface area contributed by atoms with Crippen LogP contribution in [-0.4, -0.2) is 18.5 Å². The maximum absolute atomic E-state index is 8.92. The topological polar surface area (TPSA) is 40.2 Å². The molecule has 0 radical (unpaired) electrons. The summed E-state index contributed by atoms with van der Waals surface area (Å²) in [5.74, 6) is 0.978. The van der Waals surface area contributed by atoms with Crippen LogP contribution in [0.25, 0.3) is 0 Å². The van der Waals surface area contributed by atoms with Crippen LogP contribution in [0, 0.1) is 23.7 Å². The Morgan fingerprint density at radius 3 is 2.69 bits per heavy atom. The lowest BCUT2D eigenvalue weighted by molar-refractivity contribution is 0.278. The molecular weight excluding hydrogens is 200 g/mol. The predicted molar refractivity (Wildman–Crippen MR) is 63.8 cm³/mol. The number of nitrogens with zero attached hydrogens (tertiary/aromatic N) is 2. The van der Waals surface area contributed by atoms with E-state index in [2.05, 4.69) is 18.0 Å². The Hall–Kier alpha value is -1.27. The van der Waals surface area contributed by atoms with Crippen molar-refractivity contribution < 1.29 is 4.42 Å². The zero-order chi connectivity index (χ0) is 12.2. The van der Waals surface area contributed by atoms with Gasteiger partial charge in [-0.05, 0) is 46.9 Å². The van der Waals surface area contributed by atoms with Gasteiger partial charge in [0.25, 0.3) is 0 Å². The number of rotatable bonds is 5. The first-order valence-electron chi connectivity index (χ1n) is 5.57. The fraction of sp³-hybridized carbons (Fsp3) is 0.615. The van der Waals surface area contributed by atoms with Gasteiger partial charge in [-0.2, -0.15) is 5.26 Å². The van der Waals surface area contributed by atoms with Crippen LogP contribution < -0.4 is 0 Å². The molecule has 0 bridgehead atoms. The molecule has 1 heterocycles. The zero-order valence-electron chi connectivity index (χ0n) is 10.6. The second-order valence-corrected chi connectivity index (χ2v) is 4.99. The highest BCUT2D eigenvalue weighted by Crippen LogP contribution is 2.19. The highest BCUT2D eigenvalue weighted by molar-refractivity contribution is 5.14. The van der Waals surface area contributed by atoms with Crippen LogP contribution in [-0.2, 0) is 6.54 Å². The molecule has 16 heavy (non-hydrogen) atoms. The summed E-state index contributed by atoms with van der Waals surface area (Å²) in [6.07, 6.45) is 2.61. The van der Waals surface area contributed by atoms with Gasteiger partial charge in [0.05, 0.1) is 17.7 Å². The van der Waals surface area contributed by atoms with Gasteiger partial charge in [-0.3, -0.25) is 0 Å². The molecule has 0 saturated carbocycles. The maximum Gasteiger partial charge on any atom is 0.105 e. The summed E-state index contributed by atoms with van der Waals surface area (Å²) >= 11 is 0. The SMILES string of the molecule is Cc1occc1CN(C)CCC(C)(C)C#N. The van der Waals surface area contributed by atoms with Crippen LogP contribution in [0.4, 0.5) is 0 Å². The van der Waals surface area contributed by atoms with Crippen LogP contribution in [0.1, 0.15) is 31.6 Å². The third kappa shape index (κ3) is 3.71. The molecule has 0 spiro atoms. The van der Waals surface area contributed by atoms with Crippen molar-refractivity contribution in [3.63, 3.8) is 0 Å². The van der Waals surface area contributed by atoms with Gasteiger partial charge in [0.15, 0.2) is 0 Å². The highest BCUT2D eigenvalue weighted by atomic mass is 16.3. The van der Waals surface area contributed by atoms with E-state index in [1.54, 1.807) is 6.26 Å². The molecule has 0 aromatic carbocycles. The molecule has 0 fully saturated rings. The standard InChI is InChI=1S/C13H20N2O/c1-11-12(5-8-16-11)9-15(4)7-6-13(2,3)10-14/h5,8H,6-7,9H2,1-4H3. The minimum Gasteiger partial charge on any atom is -0.469 e. The predicted octanol–water partition coefficient (Wildman–Crippen LogP) is 2.96. The normalized spacial score (nSPS) is 11.8. The number of nitriles is 1. The van der Waals surface area contributed by atoms with Crippen molar-refractivity contribution in [3.05, 3.63) is 23.7 Å². The van der Waals surface area contributed by atoms with E-state index in [1.165, 1.54) is 5.56 Å². The van der Waals surface area contributed by atoms with Gasteiger partial charge in [-0.25, -0.2) is 0 Å². The quantitative estimate of drug-likeness (QED) is 0.766. The monoisotopic (exact) mass is 220 g/mol. The summed E-state index contributed by atoms with van der Waals surface area (Å²) in [6, 6.07) is 4.32. The molecule has 0 aliphatic rings. The Labute approximate surface area is 97.7 Å². The van der Waals surface area contributed by atoms with Gasteiger partial charge < -0.3 is 9.32 Å². The minimum atomic E-state index is -0.236. The van der Waals surface area contributed by atoms with Crippen LogP contribution in [0.3, 0.4) is 0 Å². The summed E-state index contributed by atoms with van der Waals surface area (Å²) in [5, 5.41) is 8.92. The summed E-state index contributed by atoms with van der Waals surface area (Å²) in [4.78, 5) is 2.22. The van der Waals surface area contributed by atoms with Crippen molar-refractivity contribution >= 4 is 0 Å². The molecule has 0 unspecified atom stereocenters. The van der Waals surface area contributed by atoms with Crippen molar-refractivity contribution in [3.8, 4) is 6.07 Å². The minimum absolute atomic E-state index is 0.236. The van der Waals surface area contributed by atoms with E-state index >= 15 is 0 Å².